The van der Waals surface area contributed by atoms with E-state index in [-0.39, 0.29) is 12.6 Å². The van der Waals surface area contributed by atoms with Gasteiger partial charge in [-0.1, -0.05) is 5.21 Å². The van der Waals surface area contributed by atoms with Gasteiger partial charge >= 0.3 is 0 Å². The molecule has 13 nitrogen and oxygen atoms in total. The summed E-state index contributed by atoms with van der Waals surface area (Å²) in [5.74, 6) is 0. The summed E-state index contributed by atoms with van der Waals surface area (Å²) in [6, 6.07) is -0.250. The number of aliphatic hydroxyl groups is 3. The summed E-state index contributed by atoms with van der Waals surface area (Å²) in [6.45, 7) is 6.20. The van der Waals surface area contributed by atoms with Crippen molar-refractivity contribution in [3.8, 4) is 0 Å². The first-order chi connectivity index (χ1) is 16.2. The number of nitrogens with zero attached hydrogens (tertiary/aromatic N) is 3. The topological polar surface area (TPSA) is 159 Å². The Morgan fingerprint density at radius 1 is 0.818 bits per heavy atom. The molecule has 33 heavy (non-hydrogen) atoms. The van der Waals surface area contributed by atoms with Gasteiger partial charge in [-0.15, -0.1) is 5.10 Å². The lowest BCUT2D eigenvalue weighted by atomic mass is 10.1. The van der Waals surface area contributed by atoms with Gasteiger partial charge in [-0.05, 0) is 0 Å². The van der Waals surface area contributed by atoms with Gasteiger partial charge in [0.1, 0.15) is 5.69 Å². The highest BCUT2D eigenvalue weighted by atomic mass is 16.6. The largest absolute Gasteiger partial charge is 0.394 e. The van der Waals surface area contributed by atoms with Crippen LogP contribution >= 0.6 is 0 Å². The summed E-state index contributed by atoms with van der Waals surface area (Å²) in [5.41, 5.74) is 0.687. The molecule has 1 aliphatic heterocycles. The zero-order chi connectivity index (χ0) is 23.6. The van der Waals surface area contributed by atoms with Crippen LogP contribution in [-0.4, -0.2) is 134 Å². The first-order valence-electron chi connectivity index (χ1n) is 11.3. The van der Waals surface area contributed by atoms with Gasteiger partial charge in [-0.3, -0.25) is 4.68 Å². The van der Waals surface area contributed by atoms with Crippen LogP contribution in [0.3, 0.4) is 0 Å². The van der Waals surface area contributed by atoms with Crippen LogP contribution in [0, 0.1) is 0 Å². The van der Waals surface area contributed by atoms with E-state index in [0.717, 1.165) is 0 Å². The molecule has 4 N–H and O–H groups in total. The monoisotopic (exact) mass is 478 g/mol. The van der Waals surface area contributed by atoms with Gasteiger partial charge in [-0.25, -0.2) is 0 Å². The van der Waals surface area contributed by atoms with Crippen LogP contribution in [0.25, 0.3) is 0 Å². The predicted molar refractivity (Wildman–Crippen MR) is 115 cm³/mol. The molecular weight excluding hydrogens is 440 g/mol. The zero-order valence-corrected chi connectivity index (χ0v) is 19.0. The van der Waals surface area contributed by atoms with Gasteiger partial charge in [0.05, 0.1) is 117 Å². The van der Waals surface area contributed by atoms with Gasteiger partial charge in [0.15, 0.2) is 0 Å². The Kier molecular flexibility index (Phi) is 15.4. The Labute approximate surface area is 193 Å². The highest BCUT2D eigenvalue weighted by molar-refractivity contribution is 4.94. The van der Waals surface area contributed by atoms with Crippen molar-refractivity contribution in [2.75, 3.05) is 85.8 Å². The quantitative estimate of drug-likeness (QED) is 0.139. The molecule has 0 bridgehead atoms. The molecule has 1 aromatic heterocycles. The molecule has 0 aliphatic carbocycles. The van der Waals surface area contributed by atoms with E-state index in [9.17, 15) is 10.2 Å². The maximum atomic E-state index is 9.86. The number of hydrogen-bond acceptors (Lipinski definition) is 12. The second-order valence-electron chi connectivity index (χ2n) is 7.34. The molecule has 0 amide bonds. The van der Waals surface area contributed by atoms with Gasteiger partial charge in [0, 0.05) is 6.54 Å². The number of hydrogen-bond donors (Lipinski definition) is 4. The Hall–Kier alpha value is -1.26. The normalized spacial score (nSPS) is 20.6. The van der Waals surface area contributed by atoms with Gasteiger partial charge in [-0.2, -0.15) is 0 Å². The van der Waals surface area contributed by atoms with E-state index in [0.29, 0.717) is 98.1 Å². The second kappa shape index (κ2) is 18.1. The smallest absolute Gasteiger partial charge is 0.108 e. The molecule has 2 rings (SSSR count). The molecule has 192 valence electrons. The van der Waals surface area contributed by atoms with Crippen LogP contribution < -0.4 is 5.32 Å². The lowest BCUT2D eigenvalue weighted by Crippen LogP contribution is -2.36. The molecule has 0 radical (unpaired) electrons. The second-order valence-corrected chi connectivity index (χ2v) is 7.34. The molecule has 1 saturated heterocycles. The summed E-state index contributed by atoms with van der Waals surface area (Å²) in [6.07, 6.45) is 0.201. The minimum Gasteiger partial charge on any atom is -0.394 e. The van der Waals surface area contributed by atoms with Crippen molar-refractivity contribution in [1.82, 2.24) is 20.3 Å². The Morgan fingerprint density at radius 3 is 1.82 bits per heavy atom. The third-order valence-electron chi connectivity index (χ3n) is 4.71. The maximum absolute atomic E-state index is 9.86. The van der Waals surface area contributed by atoms with E-state index < -0.39 is 12.2 Å². The molecule has 0 aromatic carbocycles. The van der Waals surface area contributed by atoms with Crippen LogP contribution in [-0.2, 0) is 41.6 Å². The van der Waals surface area contributed by atoms with Gasteiger partial charge < -0.3 is 49.1 Å². The molecule has 1 fully saturated rings. The molecule has 1 aliphatic rings. The average Bonchev–Trinajstić information content (AvgIpc) is 3.40. The highest BCUT2D eigenvalue weighted by Gasteiger charge is 2.33. The first kappa shape index (κ1) is 28.0. The van der Waals surface area contributed by atoms with E-state index in [1.54, 1.807) is 10.9 Å². The van der Waals surface area contributed by atoms with E-state index in [2.05, 4.69) is 15.6 Å². The van der Waals surface area contributed by atoms with Crippen molar-refractivity contribution in [3.05, 3.63) is 11.9 Å². The standard InChI is InChI=1S/C20H38N4O9/c25-1-2-28-3-4-29-5-6-30-7-8-31-9-10-32-11-12-33-16-17-14-24(23-22-17)15-18-20(27)19(26)13-21-18/h14,18-21,25-27H,1-13,15-16H2/t18-,19+,20-/m0/s1. The van der Waals surface area contributed by atoms with Crippen LogP contribution in [0.5, 0.6) is 0 Å². The Balaban J connectivity index is 1.32. The number of β-amino-alcohol motifs (C(OH)–C–C–N with tert-alkyl or cyclic N) is 1. The number of nitrogens with one attached hydrogen (secondary N) is 1. The van der Waals surface area contributed by atoms with E-state index in [1.165, 1.54) is 0 Å². The van der Waals surface area contributed by atoms with Crippen LogP contribution in [0.2, 0.25) is 0 Å². The van der Waals surface area contributed by atoms with E-state index in [4.69, 9.17) is 33.5 Å². The van der Waals surface area contributed by atoms with E-state index >= 15 is 0 Å². The van der Waals surface area contributed by atoms with E-state index in [1.807, 2.05) is 0 Å². The lowest BCUT2D eigenvalue weighted by Gasteiger charge is -2.15. The van der Waals surface area contributed by atoms with Crippen molar-refractivity contribution in [1.29, 1.82) is 0 Å². The number of aliphatic hydroxyl groups excluding tert-OH is 3. The fourth-order valence-electron chi connectivity index (χ4n) is 2.99. The van der Waals surface area contributed by atoms with Crippen molar-refractivity contribution < 1.29 is 43.7 Å². The summed E-state index contributed by atoms with van der Waals surface area (Å²) in [5, 5.41) is 39.1. The number of aromatic nitrogens is 3. The third kappa shape index (κ3) is 12.7. The molecule has 0 saturated carbocycles. The van der Waals surface area contributed by atoms with Gasteiger partial charge in [0.2, 0.25) is 0 Å². The summed E-state index contributed by atoms with van der Waals surface area (Å²) in [4.78, 5) is 0. The zero-order valence-electron chi connectivity index (χ0n) is 19.0. The fraction of sp³-hybridized carbons (Fsp3) is 0.900. The Bertz CT molecular complexity index is 596. The minimum atomic E-state index is -0.809. The van der Waals surface area contributed by atoms with Crippen molar-refractivity contribution >= 4 is 0 Å². The van der Waals surface area contributed by atoms with Crippen LogP contribution in [0.1, 0.15) is 5.69 Å². The Morgan fingerprint density at radius 2 is 1.33 bits per heavy atom. The molecular formula is C20H38N4O9. The molecule has 2 heterocycles. The third-order valence-corrected chi connectivity index (χ3v) is 4.71. The van der Waals surface area contributed by atoms with Crippen molar-refractivity contribution in [2.24, 2.45) is 0 Å². The summed E-state index contributed by atoms with van der Waals surface area (Å²) >= 11 is 0. The molecule has 0 spiro atoms. The maximum Gasteiger partial charge on any atom is 0.108 e. The number of ether oxygens (including phenoxy) is 6. The first-order valence-corrected chi connectivity index (χ1v) is 11.3. The minimum absolute atomic E-state index is 0.0209. The summed E-state index contributed by atoms with van der Waals surface area (Å²) in [7, 11) is 0. The van der Waals surface area contributed by atoms with Crippen LogP contribution in [0.4, 0.5) is 0 Å². The van der Waals surface area contributed by atoms with Crippen molar-refractivity contribution in [3.63, 3.8) is 0 Å². The average molecular weight is 479 g/mol. The molecule has 1 aromatic rings. The van der Waals surface area contributed by atoms with Crippen molar-refractivity contribution in [2.45, 2.75) is 31.4 Å². The molecule has 13 heteroatoms. The SMILES string of the molecule is OCCOCCOCCOCCOCCOCCOCc1cn(C[C@@H]2NC[C@@H](O)[C@H]2O)nn1. The molecule has 3 atom stereocenters. The number of rotatable bonds is 21. The van der Waals surface area contributed by atoms with Gasteiger partial charge in [0.25, 0.3) is 0 Å². The fourth-order valence-corrected chi connectivity index (χ4v) is 2.99. The molecule has 0 unspecified atom stereocenters. The lowest BCUT2D eigenvalue weighted by molar-refractivity contribution is -0.0191. The predicted octanol–water partition coefficient (Wildman–Crippen LogP) is -2.44. The summed E-state index contributed by atoms with van der Waals surface area (Å²) < 4.78 is 33.8. The van der Waals surface area contributed by atoms with Crippen LogP contribution in [0.15, 0.2) is 6.20 Å². The highest BCUT2D eigenvalue weighted by Crippen LogP contribution is 2.10.